The lowest BCUT2D eigenvalue weighted by Crippen LogP contribution is -2.16. The lowest BCUT2D eigenvalue weighted by atomic mass is 10.1. The van der Waals surface area contributed by atoms with Crippen LogP contribution in [0.1, 0.15) is 25.2 Å². The van der Waals surface area contributed by atoms with Gasteiger partial charge in [-0.3, -0.25) is 4.79 Å². The number of benzene rings is 2. The van der Waals surface area contributed by atoms with Crippen molar-refractivity contribution in [2.24, 2.45) is 0 Å². The molecule has 0 saturated carbocycles. The van der Waals surface area contributed by atoms with Crippen molar-refractivity contribution >= 4 is 33.2 Å². The summed E-state index contributed by atoms with van der Waals surface area (Å²) in [5, 5.41) is 11.6. The molecular weight excluding hydrogens is 420 g/mol. The zero-order valence-electron chi connectivity index (χ0n) is 16.9. The Balaban J connectivity index is 1.68. The molecular formula is C21H24N4O3S2. The van der Waals surface area contributed by atoms with Gasteiger partial charge in [-0.15, -0.1) is 10.2 Å². The van der Waals surface area contributed by atoms with Crippen molar-refractivity contribution in [3.63, 3.8) is 0 Å². The highest BCUT2D eigenvalue weighted by Gasteiger charge is 2.21. The first-order chi connectivity index (χ1) is 14.4. The van der Waals surface area contributed by atoms with Gasteiger partial charge in [0.2, 0.25) is 5.91 Å². The van der Waals surface area contributed by atoms with Crippen LogP contribution in [0.3, 0.4) is 0 Å². The van der Waals surface area contributed by atoms with Gasteiger partial charge in [-0.05, 0) is 37.1 Å². The normalized spacial score (nSPS) is 11.4. The van der Waals surface area contributed by atoms with E-state index in [9.17, 15) is 13.2 Å². The second kappa shape index (κ2) is 9.90. The van der Waals surface area contributed by atoms with E-state index >= 15 is 0 Å². The van der Waals surface area contributed by atoms with E-state index in [0.717, 1.165) is 17.7 Å². The van der Waals surface area contributed by atoms with Crippen molar-refractivity contribution in [2.75, 3.05) is 11.1 Å². The number of hydrogen-bond acceptors (Lipinski definition) is 6. The molecule has 3 rings (SSSR count). The summed E-state index contributed by atoms with van der Waals surface area (Å²) in [6, 6.07) is 16.0. The molecule has 1 aromatic heterocycles. The topological polar surface area (TPSA) is 94.0 Å². The minimum absolute atomic E-state index is 0.148. The summed E-state index contributed by atoms with van der Waals surface area (Å²) in [6.45, 7) is 4.44. The summed E-state index contributed by atoms with van der Waals surface area (Å²) in [5.41, 5.74) is 1.87. The summed E-state index contributed by atoms with van der Waals surface area (Å²) in [5.74, 6) is 0.126. The molecule has 0 aliphatic heterocycles. The number of hydrogen-bond donors (Lipinski definition) is 1. The molecule has 1 amide bonds. The number of carbonyl (C=O) groups excluding carboxylic acids is 1. The zero-order chi connectivity index (χ0) is 21.6. The average molecular weight is 445 g/mol. The van der Waals surface area contributed by atoms with Crippen molar-refractivity contribution in [2.45, 2.75) is 42.6 Å². The maximum Gasteiger partial charge on any atom is 0.234 e. The van der Waals surface area contributed by atoms with Crippen LogP contribution in [0, 0.1) is 0 Å². The van der Waals surface area contributed by atoms with Crippen LogP contribution >= 0.6 is 11.8 Å². The number of nitrogens with zero attached hydrogens (tertiary/aromatic N) is 3. The van der Waals surface area contributed by atoms with Crippen molar-refractivity contribution in [3.8, 4) is 0 Å². The van der Waals surface area contributed by atoms with Gasteiger partial charge in [0.15, 0.2) is 15.0 Å². The van der Waals surface area contributed by atoms with E-state index in [1.165, 1.54) is 11.8 Å². The third-order valence-electron chi connectivity index (χ3n) is 4.54. The molecule has 1 heterocycles. The van der Waals surface area contributed by atoms with Crippen LogP contribution in [0.2, 0.25) is 0 Å². The van der Waals surface area contributed by atoms with Crippen LogP contribution in [0.25, 0.3) is 0 Å². The number of para-hydroxylation sites is 1. The van der Waals surface area contributed by atoms with Crippen LogP contribution in [0.5, 0.6) is 0 Å². The summed E-state index contributed by atoms with van der Waals surface area (Å²) >= 11 is 1.24. The minimum Gasteiger partial charge on any atom is -0.325 e. The zero-order valence-corrected chi connectivity index (χ0v) is 18.5. The second-order valence-corrected chi connectivity index (χ2v) is 9.49. The number of anilines is 1. The highest BCUT2D eigenvalue weighted by atomic mass is 32.2. The van der Waals surface area contributed by atoms with E-state index in [-0.39, 0.29) is 22.3 Å². The minimum atomic E-state index is -3.52. The highest BCUT2D eigenvalue weighted by Crippen LogP contribution is 2.22. The Morgan fingerprint density at radius 2 is 1.73 bits per heavy atom. The molecule has 1 N–H and O–H groups in total. The molecule has 0 saturated heterocycles. The number of aryl methyl sites for hydroxylation is 1. The summed E-state index contributed by atoms with van der Waals surface area (Å²) in [6.07, 6.45) is 0.826. The van der Waals surface area contributed by atoms with E-state index in [1.54, 1.807) is 34.9 Å². The molecule has 0 bridgehead atoms. The Labute approximate surface area is 180 Å². The number of sulfone groups is 1. The first-order valence-corrected chi connectivity index (χ1v) is 12.3. The van der Waals surface area contributed by atoms with Gasteiger partial charge >= 0.3 is 0 Å². The molecule has 0 unspecified atom stereocenters. The molecule has 0 spiro atoms. The number of aromatic nitrogens is 3. The lowest BCUT2D eigenvalue weighted by molar-refractivity contribution is -0.113. The van der Waals surface area contributed by atoms with Gasteiger partial charge in [0.05, 0.1) is 10.6 Å². The van der Waals surface area contributed by atoms with Gasteiger partial charge < -0.3 is 9.88 Å². The van der Waals surface area contributed by atoms with Gasteiger partial charge in [-0.1, -0.05) is 55.1 Å². The number of carbonyl (C=O) groups is 1. The predicted octanol–water partition coefficient (Wildman–Crippen LogP) is 3.57. The van der Waals surface area contributed by atoms with E-state index < -0.39 is 9.84 Å². The Kier molecular flexibility index (Phi) is 7.28. The van der Waals surface area contributed by atoms with E-state index in [2.05, 4.69) is 15.5 Å². The van der Waals surface area contributed by atoms with Crippen molar-refractivity contribution in [3.05, 3.63) is 66.0 Å². The molecule has 0 aliphatic carbocycles. The van der Waals surface area contributed by atoms with Gasteiger partial charge in [-0.25, -0.2) is 8.42 Å². The Bertz CT molecular complexity index is 1110. The summed E-state index contributed by atoms with van der Waals surface area (Å²) < 4.78 is 27.0. The van der Waals surface area contributed by atoms with Crippen LogP contribution in [0.15, 0.2) is 64.6 Å². The summed E-state index contributed by atoms with van der Waals surface area (Å²) in [7, 11) is -3.52. The van der Waals surface area contributed by atoms with Crippen molar-refractivity contribution < 1.29 is 13.2 Å². The van der Waals surface area contributed by atoms with Gasteiger partial charge in [0, 0.05) is 12.2 Å². The van der Waals surface area contributed by atoms with Crippen LogP contribution in [-0.4, -0.2) is 34.8 Å². The maximum absolute atomic E-state index is 12.7. The molecule has 30 heavy (non-hydrogen) atoms. The van der Waals surface area contributed by atoms with Gasteiger partial charge in [0.25, 0.3) is 0 Å². The smallest absolute Gasteiger partial charge is 0.234 e. The average Bonchev–Trinajstić information content (AvgIpc) is 3.14. The largest absolute Gasteiger partial charge is 0.325 e. The lowest BCUT2D eigenvalue weighted by Gasteiger charge is -2.10. The first-order valence-electron chi connectivity index (χ1n) is 9.65. The number of rotatable bonds is 9. The van der Waals surface area contributed by atoms with Gasteiger partial charge in [0.1, 0.15) is 11.6 Å². The molecule has 158 valence electrons. The molecule has 0 atom stereocenters. The van der Waals surface area contributed by atoms with Crippen LogP contribution in [-0.2, 0) is 33.4 Å². The van der Waals surface area contributed by atoms with Crippen LogP contribution in [0.4, 0.5) is 5.69 Å². The SMILES string of the molecule is CCc1ccccc1NC(=O)CSc1nnc(CS(=O)(=O)c2ccccc2)n1CC. The summed E-state index contributed by atoms with van der Waals surface area (Å²) in [4.78, 5) is 12.6. The fourth-order valence-electron chi connectivity index (χ4n) is 3.00. The first kappa shape index (κ1) is 22.0. The maximum atomic E-state index is 12.7. The van der Waals surface area contributed by atoms with Crippen molar-refractivity contribution in [1.82, 2.24) is 14.8 Å². The van der Waals surface area contributed by atoms with Crippen molar-refractivity contribution in [1.29, 1.82) is 0 Å². The van der Waals surface area contributed by atoms with Crippen LogP contribution < -0.4 is 5.32 Å². The van der Waals surface area contributed by atoms with E-state index in [4.69, 9.17) is 0 Å². The monoisotopic (exact) mass is 444 g/mol. The molecule has 2 aromatic carbocycles. The second-order valence-electron chi connectivity index (χ2n) is 6.56. The fraction of sp³-hybridized carbons (Fsp3) is 0.286. The molecule has 9 heteroatoms. The standard InChI is InChI=1S/C21H24N4O3S2/c1-3-16-10-8-9-13-18(16)22-20(26)14-29-21-24-23-19(25(21)4-2)15-30(27,28)17-11-6-5-7-12-17/h5-13H,3-4,14-15H2,1-2H3,(H,22,26). The van der Waals surface area contributed by atoms with E-state index in [1.807, 2.05) is 38.1 Å². The fourth-order valence-corrected chi connectivity index (χ4v) is 5.11. The Hall–Kier alpha value is -2.65. The quantitative estimate of drug-likeness (QED) is 0.507. The third kappa shape index (κ3) is 5.28. The molecule has 0 radical (unpaired) electrons. The number of thioether (sulfide) groups is 1. The Morgan fingerprint density at radius 1 is 1.03 bits per heavy atom. The Morgan fingerprint density at radius 3 is 2.43 bits per heavy atom. The highest BCUT2D eigenvalue weighted by molar-refractivity contribution is 7.99. The van der Waals surface area contributed by atoms with Gasteiger partial charge in [-0.2, -0.15) is 0 Å². The molecule has 0 fully saturated rings. The number of nitrogens with one attached hydrogen (secondary N) is 1. The molecule has 0 aliphatic rings. The molecule has 3 aromatic rings. The predicted molar refractivity (Wildman–Crippen MR) is 118 cm³/mol. The van der Waals surface area contributed by atoms with E-state index in [0.29, 0.717) is 17.5 Å². The number of amides is 1. The molecule has 7 nitrogen and oxygen atoms in total. The third-order valence-corrected chi connectivity index (χ3v) is 7.13.